The summed E-state index contributed by atoms with van der Waals surface area (Å²) in [5, 5.41) is 5.38. The van der Waals surface area contributed by atoms with E-state index in [1.807, 2.05) is 30.3 Å². The summed E-state index contributed by atoms with van der Waals surface area (Å²) in [4.78, 5) is 36.3. The Hall–Kier alpha value is -3.03. The van der Waals surface area contributed by atoms with E-state index in [9.17, 15) is 14.4 Å². The van der Waals surface area contributed by atoms with Crippen LogP contribution in [0.5, 0.6) is 0 Å². The van der Waals surface area contributed by atoms with Gasteiger partial charge in [-0.15, -0.1) is 0 Å². The van der Waals surface area contributed by atoms with E-state index in [4.69, 9.17) is 14.2 Å². The molecule has 1 aliphatic rings. The van der Waals surface area contributed by atoms with Crippen molar-refractivity contribution in [2.45, 2.75) is 51.5 Å². The third kappa shape index (κ3) is 7.48. The van der Waals surface area contributed by atoms with Crippen molar-refractivity contribution in [2.24, 2.45) is 5.92 Å². The maximum absolute atomic E-state index is 12.2. The van der Waals surface area contributed by atoms with Crippen LogP contribution < -0.4 is 10.6 Å². The van der Waals surface area contributed by atoms with Crippen LogP contribution in [-0.4, -0.2) is 43.0 Å². The van der Waals surface area contributed by atoms with Crippen LogP contribution in [0.3, 0.4) is 0 Å². The first-order valence-electron chi connectivity index (χ1n) is 9.41. The number of hydrogen-bond acceptors (Lipinski definition) is 6. The van der Waals surface area contributed by atoms with E-state index in [0.717, 1.165) is 5.56 Å². The van der Waals surface area contributed by atoms with Crippen LogP contribution >= 0.6 is 0 Å². The molecule has 0 saturated carbocycles. The summed E-state index contributed by atoms with van der Waals surface area (Å²) in [6.45, 7) is 5.42. The van der Waals surface area contributed by atoms with Crippen LogP contribution in [0.15, 0.2) is 42.5 Å². The highest BCUT2D eigenvalue weighted by Gasteiger charge is 2.35. The van der Waals surface area contributed by atoms with Crippen molar-refractivity contribution in [1.29, 1.82) is 0 Å². The van der Waals surface area contributed by atoms with Crippen LogP contribution in [0.2, 0.25) is 0 Å². The lowest BCUT2D eigenvalue weighted by atomic mass is 9.87. The minimum Gasteiger partial charge on any atom is -0.469 e. The van der Waals surface area contributed by atoms with E-state index in [1.54, 1.807) is 32.9 Å². The Balaban J connectivity index is 1.96. The van der Waals surface area contributed by atoms with E-state index in [0.29, 0.717) is 0 Å². The lowest BCUT2D eigenvalue weighted by molar-refractivity contribution is -0.146. The van der Waals surface area contributed by atoms with Gasteiger partial charge in [0.15, 0.2) is 0 Å². The van der Waals surface area contributed by atoms with E-state index < -0.39 is 41.8 Å². The van der Waals surface area contributed by atoms with Crippen LogP contribution in [0.25, 0.3) is 0 Å². The Morgan fingerprint density at radius 1 is 1.03 bits per heavy atom. The Kier molecular flexibility index (Phi) is 7.64. The van der Waals surface area contributed by atoms with Gasteiger partial charge in [0.1, 0.15) is 12.2 Å². The number of hydrogen-bond donors (Lipinski definition) is 2. The third-order valence-corrected chi connectivity index (χ3v) is 4.20. The van der Waals surface area contributed by atoms with Crippen molar-refractivity contribution in [3.8, 4) is 0 Å². The summed E-state index contributed by atoms with van der Waals surface area (Å²) in [6, 6.07) is 8.24. The van der Waals surface area contributed by atoms with E-state index >= 15 is 0 Å². The Labute approximate surface area is 170 Å². The molecule has 0 aliphatic heterocycles. The van der Waals surface area contributed by atoms with E-state index in [1.165, 1.54) is 7.11 Å². The van der Waals surface area contributed by atoms with E-state index in [2.05, 4.69) is 10.6 Å². The molecule has 0 heterocycles. The summed E-state index contributed by atoms with van der Waals surface area (Å²) in [5.41, 5.74) is 0.226. The molecule has 0 unspecified atom stereocenters. The summed E-state index contributed by atoms with van der Waals surface area (Å²) >= 11 is 0. The van der Waals surface area contributed by atoms with Gasteiger partial charge in [-0.3, -0.25) is 4.79 Å². The number of carbonyl (C=O) groups excluding carboxylic acids is 3. The van der Waals surface area contributed by atoms with Gasteiger partial charge in [-0.2, -0.15) is 0 Å². The number of nitrogens with one attached hydrogen (secondary N) is 2. The number of amides is 2. The number of esters is 1. The molecule has 2 amide bonds. The maximum atomic E-state index is 12.2. The highest BCUT2D eigenvalue weighted by molar-refractivity contribution is 5.76. The second-order valence-electron chi connectivity index (χ2n) is 7.73. The summed E-state index contributed by atoms with van der Waals surface area (Å²) in [5.74, 6) is -1.16. The zero-order valence-corrected chi connectivity index (χ0v) is 17.1. The van der Waals surface area contributed by atoms with Crippen molar-refractivity contribution in [3.05, 3.63) is 48.0 Å². The highest BCUT2D eigenvalue weighted by Crippen LogP contribution is 2.22. The summed E-state index contributed by atoms with van der Waals surface area (Å²) in [7, 11) is 1.28. The number of alkyl carbamates (subject to hydrolysis) is 2. The molecule has 1 aromatic carbocycles. The highest BCUT2D eigenvalue weighted by atomic mass is 16.6. The molecule has 29 heavy (non-hydrogen) atoms. The molecule has 0 radical (unpaired) electrons. The van der Waals surface area contributed by atoms with Gasteiger partial charge in [-0.1, -0.05) is 42.5 Å². The van der Waals surface area contributed by atoms with Gasteiger partial charge >= 0.3 is 18.2 Å². The number of methoxy groups -OCH3 is 1. The molecule has 8 nitrogen and oxygen atoms in total. The molecule has 2 rings (SSSR count). The van der Waals surface area contributed by atoms with Crippen molar-refractivity contribution in [1.82, 2.24) is 10.6 Å². The average molecular weight is 404 g/mol. The smallest absolute Gasteiger partial charge is 0.408 e. The van der Waals surface area contributed by atoms with E-state index in [-0.39, 0.29) is 13.0 Å². The molecule has 0 spiro atoms. The molecule has 8 heteroatoms. The molecule has 158 valence electrons. The van der Waals surface area contributed by atoms with Gasteiger partial charge in [0, 0.05) is 0 Å². The topological polar surface area (TPSA) is 103 Å². The molecule has 0 aromatic heterocycles. The zero-order chi connectivity index (χ0) is 21.4. The van der Waals surface area contributed by atoms with Gasteiger partial charge in [-0.25, -0.2) is 9.59 Å². The monoisotopic (exact) mass is 404 g/mol. The Morgan fingerprint density at radius 3 is 2.34 bits per heavy atom. The normalized spacial score (nSPS) is 21.0. The molecule has 1 aliphatic carbocycles. The molecule has 0 bridgehead atoms. The number of benzene rings is 1. The molecular formula is C21H28N2O6. The fourth-order valence-corrected chi connectivity index (χ4v) is 2.90. The molecular weight excluding hydrogens is 376 g/mol. The van der Waals surface area contributed by atoms with Crippen molar-refractivity contribution >= 4 is 18.2 Å². The minimum atomic E-state index is -0.672. The molecule has 1 aromatic rings. The van der Waals surface area contributed by atoms with Gasteiger partial charge in [0.2, 0.25) is 0 Å². The first-order chi connectivity index (χ1) is 13.7. The standard InChI is InChI=1S/C21H28N2O6/c1-21(2,3)29-20(26)22-15-10-11-17(16(12-15)18(24)27-4)23-19(25)28-13-14-8-6-5-7-9-14/h5-11,15-17H,12-13H2,1-4H3,(H,22,26)(H,23,25)/t15-,16-,17-/m1/s1. The second-order valence-corrected chi connectivity index (χ2v) is 7.73. The fourth-order valence-electron chi connectivity index (χ4n) is 2.90. The third-order valence-electron chi connectivity index (χ3n) is 4.20. The minimum absolute atomic E-state index is 0.120. The van der Waals surface area contributed by atoms with Gasteiger partial charge in [0.25, 0.3) is 0 Å². The van der Waals surface area contributed by atoms with Crippen molar-refractivity contribution in [2.75, 3.05) is 7.11 Å². The van der Waals surface area contributed by atoms with Crippen molar-refractivity contribution in [3.63, 3.8) is 0 Å². The van der Waals surface area contributed by atoms with Crippen LogP contribution in [0, 0.1) is 5.92 Å². The first-order valence-corrected chi connectivity index (χ1v) is 9.41. The number of carbonyl (C=O) groups is 3. The predicted molar refractivity (Wildman–Crippen MR) is 106 cm³/mol. The second kappa shape index (κ2) is 9.95. The number of ether oxygens (including phenoxy) is 3. The van der Waals surface area contributed by atoms with Gasteiger partial charge in [-0.05, 0) is 32.8 Å². The zero-order valence-electron chi connectivity index (χ0n) is 17.1. The number of rotatable bonds is 5. The molecule has 3 atom stereocenters. The lowest BCUT2D eigenvalue weighted by Crippen LogP contribution is -2.49. The Morgan fingerprint density at radius 2 is 1.72 bits per heavy atom. The van der Waals surface area contributed by atoms with Crippen LogP contribution in [0.4, 0.5) is 9.59 Å². The average Bonchev–Trinajstić information content (AvgIpc) is 2.66. The molecule has 2 N–H and O–H groups in total. The maximum Gasteiger partial charge on any atom is 0.408 e. The molecule has 0 saturated heterocycles. The SMILES string of the molecule is COC(=O)[C@@H]1C[C@H](NC(=O)OC(C)(C)C)C=C[C@H]1NC(=O)OCc1ccccc1. The Bertz CT molecular complexity index is 741. The van der Waals surface area contributed by atoms with Gasteiger partial charge in [0.05, 0.1) is 25.1 Å². The van der Waals surface area contributed by atoms with Crippen molar-refractivity contribution < 1.29 is 28.6 Å². The molecule has 0 fully saturated rings. The summed E-state index contributed by atoms with van der Waals surface area (Å²) in [6.07, 6.45) is 2.40. The quantitative estimate of drug-likeness (QED) is 0.444. The fraction of sp³-hybridized carbons (Fsp3) is 0.476. The predicted octanol–water partition coefficient (Wildman–Crippen LogP) is 2.92. The lowest BCUT2D eigenvalue weighted by Gasteiger charge is -2.31. The summed E-state index contributed by atoms with van der Waals surface area (Å²) < 4.78 is 15.3. The van der Waals surface area contributed by atoms with Crippen LogP contribution in [0.1, 0.15) is 32.8 Å². The largest absolute Gasteiger partial charge is 0.469 e. The van der Waals surface area contributed by atoms with Crippen LogP contribution in [-0.2, 0) is 25.6 Å². The van der Waals surface area contributed by atoms with Gasteiger partial charge < -0.3 is 24.8 Å². The first kappa shape index (κ1) is 22.3.